The Labute approximate surface area is 191 Å². The summed E-state index contributed by atoms with van der Waals surface area (Å²) in [6.07, 6.45) is 1.44. The van der Waals surface area contributed by atoms with E-state index in [0.717, 1.165) is 38.0 Å². The fraction of sp³-hybridized carbons (Fsp3) is 0.615. The van der Waals surface area contributed by atoms with E-state index >= 15 is 0 Å². The van der Waals surface area contributed by atoms with Gasteiger partial charge in [0.2, 0.25) is 0 Å². The number of carbonyl (C=O) groups excluding carboxylic acids is 2. The number of methoxy groups -OCH3 is 1. The van der Waals surface area contributed by atoms with E-state index in [9.17, 15) is 9.59 Å². The fourth-order valence-corrected chi connectivity index (χ4v) is 5.54. The first-order valence-corrected chi connectivity index (χ1v) is 12.0. The van der Waals surface area contributed by atoms with Crippen molar-refractivity contribution in [1.82, 2.24) is 9.80 Å². The molecule has 0 radical (unpaired) electrons. The van der Waals surface area contributed by atoms with Gasteiger partial charge in [-0.25, -0.2) is 0 Å². The summed E-state index contributed by atoms with van der Waals surface area (Å²) in [7, 11) is 1.63. The summed E-state index contributed by atoms with van der Waals surface area (Å²) in [5.41, 5.74) is 1.38. The maximum Gasteiger partial charge on any atom is 0.290 e. The van der Waals surface area contributed by atoms with Gasteiger partial charge in [0.1, 0.15) is 11.9 Å². The summed E-state index contributed by atoms with van der Waals surface area (Å²) in [6, 6.07) is 7.23. The number of benzene rings is 1. The number of Topliss-reactive ketones (excluding diaryl/α,β-unsaturated/α-hetero) is 1. The van der Waals surface area contributed by atoms with Crippen LogP contribution in [0.4, 0.5) is 0 Å². The predicted molar refractivity (Wildman–Crippen MR) is 123 cm³/mol. The normalized spacial score (nSPS) is 29.8. The van der Waals surface area contributed by atoms with Gasteiger partial charge in [-0.2, -0.15) is 0 Å². The molecule has 4 rings (SSSR count). The van der Waals surface area contributed by atoms with Crippen LogP contribution in [0.2, 0.25) is 0 Å². The highest BCUT2D eigenvalue weighted by Gasteiger charge is 2.53. The molecule has 6 heteroatoms. The van der Waals surface area contributed by atoms with Gasteiger partial charge >= 0.3 is 0 Å². The lowest BCUT2D eigenvalue weighted by molar-refractivity contribution is -0.137. The molecule has 5 unspecified atom stereocenters. The Kier molecular flexibility index (Phi) is 6.61. The molecular formula is C26H36N2O4. The first kappa shape index (κ1) is 22.8. The average molecular weight is 441 g/mol. The van der Waals surface area contributed by atoms with E-state index in [2.05, 4.69) is 32.6 Å². The molecule has 6 nitrogen and oxygen atoms in total. The second-order valence-corrected chi connectivity index (χ2v) is 9.47. The highest BCUT2D eigenvalue weighted by molar-refractivity contribution is 6.11. The van der Waals surface area contributed by atoms with Crippen molar-refractivity contribution in [2.45, 2.75) is 52.7 Å². The molecule has 1 aromatic carbocycles. The second-order valence-electron chi connectivity index (χ2n) is 9.47. The fourth-order valence-electron chi connectivity index (χ4n) is 5.54. The van der Waals surface area contributed by atoms with Crippen LogP contribution in [0.25, 0.3) is 0 Å². The Bertz CT molecular complexity index is 907. The Morgan fingerprint density at radius 1 is 1.09 bits per heavy atom. The van der Waals surface area contributed by atoms with Crippen LogP contribution >= 0.6 is 0 Å². The Morgan fingerprint density at radius 2 is 1.78 bits per heavy atom. The van der Waals surface area contributed by atoms with E-state index in [1.807, 2.05) is 29.2 Å². The molecule has 0 aromatic heterocycles. The quantitative estimate of drug-likeness (QED) is 0.645. The lowest BCUT2D eigenvalue weighted by atomic mass is 9.70. The zero-order chi connectivity index (χ0) is 23.0. The molecule has 1 amide bonds. The van der Waals surface area contributed by atoms with Crippen molar-refractivity contribution in [2.24, 2.45) is 17.8 Å². The largest absolute Gasteiger partial charge is 0.496 e. The van der Waals surface area contributed by atoms with E-state index < -0.39 is 6.04 Å². The number of likely N-dealkylation sites (N-methyl/N-ethyl adjacent to an activating group) is 1. The molecule has 32 heavy (non-hydrogen) atoms. The highest BCUT2D eigenvalue weighted by Crippen LogP contribution is 2.49. The SMILES string of the molecule is CCN(CC)CCN1C(=O)C2=C(C(=O)C3CC(C)C(C)CC3O2)C1c1ccccc1OC. The third-order valence-electron chi connectivity index (χ3n) is 7.79. The number of rotatable bonds is 7. The minimum absolute atomic E-state index is 0.0876. The smallest absolute Gasteiger partial charge is 0.290 e. The zero-order valence-corrected chi connectivity index (χ0v) is 20.0. The summed E-state index contributed by atoms with van der Waals surface area (Å²) in [5, 5.41) is 0. The lowest BCUT2D eigenvalue weighted by Crippen LogP contribution is -2.43. The number of fused-ring (bicyclic) bond motifs is 1. The van der Waals surface area contributed by atoms with Crippen LogP contribution < -0.4 is 4.74 Å². The third kappa shape index (κ3) is 3.83. The van der Waals surface area contributed by atoms with Crippen LogP contribution in [0.1, 0.15) is 52.1 Å². The highest BCUT2D eigenvalue weighted by atomic mass is 16.5. The number of nitrogens with zero attached hydrogens (tertiary/aromatic N) is 2. The van der Waals surface area contributed by atoms with Gasteiger partial charge in [-0.1, -0.05) is 45.9 Å². The number of amides is 1. The molecule has 0 saturated heterocycles. The van der Waals surface area contributed by atoms with Crippen molar-refractivity contribution in [1.29, 1.82) is 0 Å². The van der Waals surface area contributed by atoms with Crippen LogP contribution in [0.5, 0.6) is 5.75 Å². The number of ketones is 1. The Morgan fingerprint density at radius 3 is 2.47 bits per heavy atom. The van der Waals surface area contributed by atoms with Gasteiger partial charge in [-0.15, -0.1) is 0 Å². The van der Waals surface area contributed by atoms with E-state index in [1.54, 1.807) is 7.11 Å². The van der Waals surface area contributed by atoms with Crippen LogP contribution in [0, 0.1) is 17.8 Å². The molecule has 2 aliphatic heterocycles. The topological polar surface area (TPSA) is 59.1 Å². The minimum Gasteiger partial charge on any atom is -0.496 e. The molecule has 5 atom stereocenters. The number of carbonyl (C=O) groups is 2. The third-order valence-corrected chi connectivity index (χ3v) is 7.79. The van der Waals surface area contributed by atoms with Crippen molar-refractivity contribution in [3.05, 3.63) is 41.2 Å². The van der Waals surface area contributed by atoms with Gasteiger partial charge in [0.25, 0.3) is 5.91 Å². The van der Waals surface area contributed by atoms with Gasteiger partial charge in [0.15, 0.2) is 11.5 Å². The predicted octanol–water partition coefficient (Wildman–Crippen LogP) is 3.82. The summed E-state index contributed by atoms with van der Waals surface area (Å²) in [4.78, 5) is 31.6. The van der Waals surface area contributed by atoms with E-state index in [-0.39, 0.29) is 29.5 Å². The summed E-state index contributed by atoms with van der Waals surface area (Å²) < 4.78 is 12.0. The Balaban J connectivity index is 1.75. The van der Waals surface area contributed by atoms with E-state index in [4.69, 9.17) is 9.47 Å². The molecule has 0 spiro atoms. The standard InChI is InChI=1S/C26H36N2O4/c1-6-27(7-2)12-13-28-23(18-10-8-9-11-20(18)31-5)22-24(29)19-14-16(3)17(4)15-21(19)32-25(22)26(28)30/h8-11,16-17,19,21,23H,6-7,12-15H2,1-5H3. The molecule has 1 aromatic rings. The molecule has 0 N–H and O–H groups in total. The van der Waals surface area contributed by atoms with Crippen molar-refractivity contribution >= 4 is 11.7 Å². The minimum atomic E-state index is -0.465. The van der Waals surface area contributed by atoms with Gasteiger partial charge in [0, 0.05) is 18.7 Å². The average Bonchev–Trinajstić information content (AvgIpc) is 3.07. The number of para-hydroxylation sites is 1. The monoisotopic (exact) mass is 440 g/mol. The zero-order valence-electron chi connectivity index (χ0n) is 20.0. The van der Waals surface area contributed by atoms with Crippen LogP contribution in [0.15, 0.2) is 35.6 Å². The maximum absolute atomic E-state index is 13.9. The number of hydrogen-bond donors (Lipinski definition) is 0. The van der Waals surface area contributed by atoms with Gasteiger partial charge in [-0.05, 0) is 43.8 Å². The molecule has 1 saturated carbocycles. The van der Waals surface area contributed by atoms with Crippen molar-refractivity contribution in [3.8, 4) is 5.75 Å². The summed E-state index contributed by atoms with van der Waals surface area (Å²) in [5.74, 6) is 1.65. The van der Waals surface area contributed by atoms with Crippen LogP contribution in [0.3, 0.4) is 0 Å². The van der Waals surface area contributed by atoms with Crippen LogP contribution in [-0.2, 0) is 14.3 Å². The molecule has 3 aliphatic rings. The number of hydrogen-bond acceptors (Lipinski definition) is 5. The summed E-state index contributed by atoms with van der Waals surface area (Å²) >= 11 is 0. The summed E-state index contributed by atoms with van der Waals surface area (Å²) in [6.45, 7) is 11.8. The maximum atomic E-state index is 13.9. The number of ether oxygens (including phenoxy) is 2. The van der Waals surface area contributed by atoms with Gasteiger partial charge in [0.05, 0.1) is 24.6 Å². The molecular weight excluding hydrogens is 404 g/mol. The van der Waals surface area contributed by atoms with Crippen molar-refractivity contribution in [3.63, 3.8) is 0 Å². The lowest BCUT2D eigenvalue weighted by Gasteiger charge is -2.40. The van der Waals surface area contributed by atoms with E-state index in [0.29, 0.717) is 29.7 Å². The van der Waals surface area contributed by atoms with Crippen LogP contribution in [-0.4, -0.2) is 60.9 Å². The Hall–Kier alpha value is -2.34. The van der Waals surface area contributed by atoms with Crippen molar-refractivity contribution < 1.29 is 19.1 Å². The van der Waals surface area contributed by atoms with Gasteiger partial charge in [-0.3, -0.25) is 9.59 Å². The van der Waals surface area contributed by atoms with Gasteiger partial charge < -0.3 is 19.3 Å². The molecule has 174 valence electrons. The molecule has 1 aliphatic carbocycles. The van der Waals surface area contributed by atoms with Crippen molar-refractivity contribution in [2.75, 3.05) is 33.3 Å². The molecule has 1 fully saturated rings. The molecule has 2 heterocycles. The second kappa shape index (κ2) is 9.26. The van der Waals surface area contributed by atoms with E-state index in [1.165, 1.54) is 0 Å². The molecule has 0 bridgehead atoms. The first-order chi connectivity index (χ1) is 15.4. The first-order valence-electron chi connectivity index (χ1n) is 12.0.